The van der Waals surface area contributed by atoms with Crippen LogP contribution in [0.3, 0.4) is 0 Å². The first kappa shape index (κ1) is 29.8. The molecule has 0 aliphatic carbocycles. The van der Waals surface area contributed by atoms with Crippen LogP contribution in [-0.2, 0) is 0 Å². The molecule has 0 aliphatic rings. The Morgan fingerprint density at radius 2 is 0.904 bits per heavy atom. The van der Waals surface area contributed by atoms with Crippen LogP contribution in [0.2, 0.25) is 0 Å². The Hall–Kier alpha value is -7.04. The lowest BCUT2D eigenvalue weighted by Crippen LogP contribution is -1.97. The average Bonchev–Trinajstić information content (AvgIpc) is 3.23. The highest BCUT2D eigenvalue weighted by Crippen LogP contribution is 2.37. The minimum absolute atomic E-state index is 0.689. The normalized spacial score (nSPS) is 11.5. The van der Waals surface area contributed by atoms with Gasteiger partial charge in [-0.1, -0.05) is 146 Å². The maximum Gasteiger partial charge on any atom is 0.160 e. The molecule has 3 aromatic heterocycles. The monoisotopic (exact) mass is 662 g/mol. The Bertz CT molecular complexity index is 2960. The zero-order chi connectivity index (χ0) is 34.4. The number of fused-ring (bicyclic) bond motifs is 5. The first-order chi connectivity index (χ1) is 25.7. The van der Waals surface area contributed by atoms with Crippen LogP contribution < -0.4 is 0 Å². The van der Waals surface area contributed by atoms with Crippen molar-refractivity contribution in [1.82, 2.24) is 19.9 Å². The second kappa shape index (κ2) is 12.4. The number of hydrogen-bond acceptors (Lipinski definition) is 4. The van der Waals surface area contributed by atoms with Gasteiger partial charge in [-0.15, -0.1) is 0 Å². The van der Waals surface area contributed by atoms with Crippen molar-refractivity contribution in [3.63, 3.8) is 0 Å². The van der Waals surface area contributed by atoms with Crippen molar-refractivity contribution < 1.29 is 0 Å². The van der Waals surface area contributed by atoms with Crippen LogP contribution >= 0.6 is 0 Å². The minimum atomic E-state index is 0.689. The molecule has 4 heteroatoms. The molecule has 0 bridgehead atoms. The summed E-state index contributed by atoms with van der Waals surface area (Å²) in [6, 6.07) is 61.5. The molecule has 0 saturated heterocycles. The van der Waals surface area contributed by atoms with Gasteiger partial charge in [-0.05, 0) is 63.0 Å². The number of hydrogen-bond donors (Lipinski definition) is 0. The van der Waals surface area contributed by atoms with Crippen LogP contribution in [0.4, 0.5) is 0 Å². The van der Waals surface area contributed by atoms with Crippen molar-refractivity contribution in [2.45, 2.75) is 0 Å². The SMILES string of the molecule is c1ccc(-c2cc(-c3ccc(-c4ccccc4)c4ccccc34)nc(-c3ccc4cc(-c5ccc6ccc7cccnc7c6n5)ccc4c3)n2)cc1. The van der Waals surface area contributed by atoms with Gasteiger partial charge in [0.05, 0.1) is 28.1 Å². The summed E-state index contributed by atoms with van der Waals surface area (Å²) in [5.74, 6) is 0.689. The fraction of sp³-hybridized carbons (Fsp3) is 0. The molecule has 0 amide bonds. The highest BCUT2D eigenvalue weighted by molar-refractivity contribution is 6.05. The van der Waals surface area contributed by atoms with E-state index in [1.807, 2.05) is 18.3 Å². The van der Waals surface area contributed by atoms with E-state index >= 15 is 0 Å². The summed E-state index contributed by atoms with van der Waals surface area (Å²) in [5, 5.41) is 6.76. The van der Waals surface area contributed by atoms with E-state index in [2.05, 4.69) is 169 Å². The molecule has 7 aromatic carbocycles. The molecule has 0 N–H and O–H groups in total. The Labute approximate surface area is 300 Å². The maximum atomic E-state index is 5.25. The summed E-state index contributed by atoms with van der Waals surface area (Å²) in [7, 11) is 0. The Morgan fingerprint density at radius 3 is 1.69 bits per heavy atom. The number of nitrogens with zero attached hydrogens (tertiary/aromatic N) is 4. The Balaban J connectivity index is 1.08. The van der Waals surface area contributed by atoms with Gasteiger partial charge in [0.25, 0.3) is 0 Å². The molecule has 52 heavy (non-hydrogen) atoms. The lowest BCUT2D eigenvalue weighted by atomic mass is 9.93. The number of pyridine rings is 2. The van der Waals surface area contributed by atoms with Crippen molar-refractivity contribution in [3.05, 3.63) is 182 Å². The summed E-state index contributed by atoms with van der Waals surface area (Å²) >= 11 is 0. The third-order valence-corrected chi connectivity index (χ3v) is 9.91. The van der Waals surface area contributed by atoms with Crippen LogP contribution in [-0.4, -0.2) is 19.9 Å². The average molecular weight is 663 g/mol. The van der Waals surface area contributed by atoms with E-state index in [-0.39, 0.29) is 0 Å². The predicted octanol–water partition coefficient (Wildman–Crippen LogP) is 12.2. The summed E-state index contributed by atoms with van der Waals surface area (Å²) in [4.78, 5) is 20.1. The summed E-state index contributed by atoms with van der Waals surface area (Å²) in [6.45, 7) is 0. The standard InChI is InChI=1S/C48H30N4/c1-3-10-31(11-4-1)39-24-25-42(41-16-8-7-15-40(39)41)45-30-44(32-12-5-2-6-13-32)51-48(52-45)38-22-20-35-28-37(21-19-36(35)29-38)43-26-23-34-18-17-33-14-9-27-49-46(33)47(34)50-43/h1-30H. The minimum Gasteiger partial charge on any atom is -0.254 e. The van der Waals surface area contributed by atoms with Crippen molar-refractivity contribution in [2.24, 2.45) is 0 Å². The summed E-state index contributed by atoms with van der Waals surface area (Å²) in [6.07, 6.45) is 1.83. The quantitative estimate of drug-likeness (QED) is 0.172. The van der Waals surface area contributed by atoms with Gasteiger partial charge in [-0.2, -0.15) is 0 Å². The fourth-order valence-corrected chi connectivity index (χ4v) is 7.29. The number of benzene rings is 7. The van der Waals surface area contributed by atoms with Gasteiger partial charge < -0.3 is 0 Å². The summed E-state index contributed by atoms with van der Waals surface area (Å²) in [5.41, 5.74) is 11.1. The van der Waals surface area contributed by atoms with Crippen LogP contribution in [0.25, 0.3) is 99.6 Å². The van der Waals surface area contributed by atoms with Gasteiger partial charge >= 0.3 is 0 Å². The van der Waals surface area contributed by atoms with Crippen LogP contribution in [0, 0.1) is 0 Å². The molecule has 0 atom stereocenters. The van der Waals surface area contributed by atoms with Crippen molar-refractivity contribution >= 4 is 43.4 Å². The number of aromatic nitrogens is 4. The van der Waals surface area contributed by atoms with E-state index in [1.165, 1.54) is 16.5 Å². The van der Waals surface area contributed by atoms with Gasteiger partial charge in [0.1, 0.15) is 0 Å². The zero-order valence-corrected chi connectivity index (χ0v) is 28.1. The van der Waals surface area contributed by atoms with Crippen molar-refractivity contribution in [2.75, 3.05) is 0 Å². The van der Waals surface area contributed by atoms with Crippen molar-refractivity contribution in [3.8, 4) is 56.3 Å². The van der Waals surface area contributed by atoms with Gasteiger partial charge in [0.15, 0.2) is 5.82 Å². The third-order valence-electron chi connectivity index (χ3n) is 9.91. The van der Waals surface area contributed by atoms with E-state index in [0.717, 1.165) is 77.3 Å². The lowest BCUT2D eigenvalue weighted by molar-refractivity contribution is 1.19. The Kier molecular flexibility index (Phi) is 7.10. The zero-order valence-electron chi connectivity index (χ0n) is 28.1. The molecule has 0 aliphatic heterocycles. The van der Waals surface area contributed by atoms with E-state index in [9.17, 15) is 0 Å². The van der Waals surface area contributed by atoms with Crippen LogP contribution in [0.1, 0.15) is 0 Å². The van der Waals surface area contributed by atoms with Crippen molar-refractivity contribution in [1.29, 1.82) is 0 Å². The molecule has 0 radical (unpaired) electrons. The first-order valence-corrected chi connectivity index (χ1v) is 17.5. The molecule has 0 saturated carbocycles. The topological polar surface area (TPSA) is 51.6 Å². The molecular weight excluding hydrogens is 633 g/mol. The predicted molar refractivity (Wildman–Crippen MR) is 215 cm³/mol. The van der Waals surface area contributed by atoms with E-state index in [4.69, 9.17) is 15.0 Å². The van der Waals surface area contributed by atoms with E-state index in [0.29, 0.717) is 5.82 Å². The van der Waals surface area contributed by atoms with Crippen LogP contribution in [0.5, 0.6) is 0 Å². The van der Waals surface area contributed by atoms with Gasteiger partial charge in [0.2, 0.25) is 0 Å². The molecule has 0 unspecified atom stereocenters. The maximum absolute atomic E-state index is 5.25. The highest BCUT2D eigenvalue weighted by atomic mass is 14.9. The molecule has 10 aromatic rings. The van der Waals surface area contributed by atoms with Crippen LogP contribution in [0.15, 0.2) is 182 Å². The second-order valence-corrected chi connectivity index (χ2v) is 13.1. The molecule has 3 heterocycles. The van der Waals surface area contributed by atoms with Gasteiger partial charge in [-0.3, -0.25) is 4.98 Å². The number of rotatable bonds is 5. The van der Waals surface area contributed by atoms with Gasteiger partial charge in [0, 0.05) is 39.2 Å². The molecule has 4 nitrogen and oxygen atoms in total. The highest BCUT2D eigenvalue weighted by Gasteiger charge is 2.15. The molecule has 10 rings (SSSR count). The molecule has 0 fully saturated rings. The third kappa shape index (κ3) is 5.26. The Morgan fingerprint density at radius 1 is 0.308 bits per heavy atom. The van der Waals surface area contributed by atoms with Gasteiger partial charge in [-0.25, -0.2) is 15.0 Å². The molecular formula is C48H30N4. The molecule has 0 spiro atoms. The smallest absolute Gasteiger partial charge is 0.160 e. The second-order valence-electron chi connectivity index (χ2n) is 13.1. The largest absolute Gasteiger partial charge is 0.254 e. The summed E-state index contributed by atoms with van der Waals surface area (Å²) < 4.78 is 0. The lowest BCUT2D eigenvalue weighted by Gasteiger charge is -2.14. The van der Waals surface area contributed by atoms with E-state index in [1.54, 1.807) is 0 Å². The molecule has 242 valence electrons. The fourth-order valence-electron chi connectivity index (χ4n) is 7.29. The first-order valence-electron chi connectivity index (χ1n) is 17.5. The van der Waals surface area contributed by atoms with E-state index < -0.39 is 0 Å².